The van der Waals surface area contributed by atoms with Crippen LogP contribution in [-0.2, 0) is 4.79 Å². The zero-order chi connectivity index (χ0) is 11.5. The number of hydrogen-bond donors (Lipinski definition) is 0. The predicted octanol–water partition coefficient (Wildman–Crippen LogP) is 3.48. The Hall–Kier alpha value is -1.16. The van der Waals surface area contributed by atoms with Crippen molar-refractivity contribution >= 4 is 35.0 Å². The van der Waals surface area contributed by atoms with Gasteiger partial charge in [0.25, 0.3) is 0 Å². The minimum absolute atomic E-state index is 0.0169. The first-order valence-electron chi connectivity index (χ1n) is 3.55. The van der Waals surface area contributed by atoms with Crippen LogP contribution in [0.2, 0.25) is 5.02 Å². The lowest BCUT2D eigenvalue weighted by Gasteiger charge is -2.10. The Balaban J connectivity index is 2.96. The molecule has 0 aliphatic rings. The van der Waals surface area contributed by atoms with Crippen LogP contribution in [0.5, 0.6) is 5.75 Å². The van der Waals surface area contributed by atoms with E-state index in [1.165, 1.54) is 12.1 Å². The molecule has 0 saturated carbocycles. The maximum Gasteiger partial charge on any atom is 0.487 e. The van der Waals surface area contributed by atoms with Crippen molar-refractivity contribution in [3.8, 4) is 5.75 Å². The number of carbonyl (C=O) groups excluding carboxylic acids is 1. The lowest BCUT2D eigenvalue weighted by molar-refractivity contribution is -0.0964. The molecule has 0 atom stereocenters. The van der Waals surface area contributed by atoms with E-state index in [9.17, 15) is 13.6 Å². The van der Waals surface area contributed by atoms with Gasteiger partial charge in [-0.1, -0.05) is 11.6 Å². The molecule has 0 spiro atoms. The maximum atomic E-state index is 12.2. The van der Waals surface area contributed by atoms with E-state index in [1.54, 1.807) is 0 Å². The van der Waals surface area contributed by atoms with Crippen molar-refractivity contribution in [1.29, 1.82) is 0 Å². The summed E-state index contributed by atoms with van der Waals surface area (Å²) in [7, 11) is 0. The van der Waals surface area contributed by atoms with Crippen LogP contribution < -0.4 is 4.74 Å². The molecule has 0 N–H and O–H groups in total. The molecule has 7 heteroatoms. The molecule has 3 nitrogen and oxygen atoms in total. The van der Waals surface area contributed by atoms with E-state index in [-0.39, 0.29) is 16.5 Å². The molecule has 0 unspecified atom stereocenters. The topological polar surface area (TPSA) is 38.7 Å². The van der Waals surface area contributed by atoms with E-state index in [4.69, 9.17) is 11.6 Å². The highest BCUT2D eigenvalue weighted by atomic mass is 35.5. The van der Waals surface area contributed by atoms with Crippen molar-refractivity contribution in [3.63, 3.8) is 0 Å². The summed E-state index contributed by atoms with van der Waals surface area (Å²) in [5.41, 5.74) is -3.70. The molecule has 0 bridgehead atoms. The van der Waals surface area contributed by atoms with Gasteiger partial charge in [0.05, 0.1) is 10.7 Å². The molecule has 0 aromatic heterocycles. The fraction of sp³-hybridized carbons (Fsp3) is 0.125. The molecular weight excluding hydrogens is 251 g/mol. The third-order valence-electron chi connectivity index (χ3n) is 1.32. The molecule has 1 aromatic carbocycles. The molecule has 0 amide bonds. The molecule has 1 aromatic rings. The Bertz CT molecular complexity index is 414. The van der Waals surface area contributed by atoms with Crippen molar-refractivity contribution in [2.24, 2.45) is 4.99 Å². The average Bonchev–Trinajstić information content (AvgIpc) is 2.07. The normalized spacial score (nSPS) is 10.7. The lowest BCUT2D eigenvalue weighted by Crippen LogP contribution is -2.15. The van der Waals surface area contributed by atoms with Gasteiger partial charge in [-0.2, -0.15) is 4.99 Å². The van der Waals surface area contributed by atoms with Gasteiger partial charge >= 0.3 is 5.57 Å². The highest BCUT2D eigenvalue weighted by Crippen LogP contribution is 2.32. The number of aliphatic imine (C=N–C) groups is 1. The fourth-order valence-electron chi connectivity index (χ4n) is 0.825. The Morgan fingerprint density at radius 2 is 2.13 bits per heavy atom. The number of benzene rings is 1. The van der Waals surface area contributed by atoms with Crippen LogP contribution in [0.4, 0.5) is 14.5 Å². The highest BCUT2D eigenvalue weighted by Gasteiger charge is 2.27. The summed E-state index contributed by atoms with van der Waals surface area (Å²) in [6, 6.07) is 3.44. The lowest BCUT2D eigenvalue weighted by atomic mass is 10.3. The van der Waals surface area contributed by atoms with Crippen LogP contribution in [0.3, 0.4) is 0 Å². The van der Waals surface area contributed by atoms with E-state index in [1.807, 2.05) is 0 Å². The van der Waals surface area contributed by atoms with E-state index < -0.39 is 5.57 Å². The van der Waals surface area contributed by atoms with E-state index in [0.29, 0.717) is 0 Å². The van der Waals surface area contributed by atoms with Gasteiger partial charge in [0, 0.05) is 17.7 Å². The summed E-state index contributed by atoms with van der Waals surface area (Å²) in [5.74, 6) is -0.232. The van der Waals surface area contributed by atoms with Crippen molar-refractivity contribution in [3.05, 3.63) is 23.2 Å². The second-order valence-electron chi connectivity index (χ2n) is 2.36. The summed E-state index contributed by atoms with van der Waals surface area (Å²) in [5, 5.41) is -0.0169. The average molecular weight is 254 g/mol. The Morgan fingerprint density at radius 3 is 2.60 bits per heavy atom. The van der Waals surface area contributed by atoms with Gasteiger partial charge in [0.15, 0.2) is 0 Å². The van der Waals surface area contributed by atoms with Crippen molar-refractivity contribution in [1.82, 2.24) is 0 Å². The summed E-state index contributed by atoms with van der Waals surface area (Å²) < 4.78 is 28.4. The Kier molecular flexibility index (Phi) is 3.63. The van der Waals surface area contributed by atoms with Gasteiger partial charge in [-0.3, -0.25) is 0 Å². The van der Waals surface area contributed by atoms with Gasteiger partial charge in [0.1, 0.15) is 5.75 Å². The molecule has 0 fully saturated rings. The van der Waals surface area contributed by atoms with Crippen LogP contribution in [0, 0.1) is 0 Å². The van der Waals surface area contributed by atoms with Gasteiger partial charge < -0.3 is 4.74 Å². The van der Waals surface area contributed by atoms with E-state index in [2.05, 4.69) is 21.3 Å². The van der Waals surface area contributed by atoms with Crippen molar-refractivity contribution in [2.75, 3.05) is 0 Å². The monoisotopic (exact) mass is 253 g/mol. The van der Waals surface area contributed by atoms with Crippen molar-refractivity contribution in [2.45, 2.75) is 5.57 Å². The fourth-order valence-corrected chi connectivity index (χ4v) is 1.13. The summed E-state index contributed by atoms with van der Waals surface area (Å²) in [4.78, 5) is 13.1. The standard InChI is InChI=1S/C8H3Cl2F2NO2/c9-6-3-5(15-8(10,11)12)1-2-7(6)13-4-14/h1-3H. The molecule has 1 rings (SSSR count). The van der Waals surface area contributed by atoms with Crippen LogP contribution in [0.1, 0.15) is 0 Å². The van der Waals surface area contributed by atoms with Crippen molar-refractivity contribution < 1.29 is 18.3 Å². The smallest absolute Gasteiger partial charge is 0.420 e. The zero-order valence-corrected chi connectivity index (χ0v) is 8.52. The molecule has 0 aliphatic carbocycles. The first-order chi connectivity index (χ1) is 6.92. The van der Waals surface area contributed by atoms with Crippen LogP contribution in [0.25, 0.3) is 0 Å². The van der Waals surface area contributed by atoms with Gasteiger partial charge in [0.2, 0.25) is 6.08 Å². The van der Waals surface area contributed by atoms with Crippen LogP contribution in [-0.4, -0.2) is 11.6 Å². The van der Waals surface area contributed by atoms with E-state index in [0.717, 1.165) is 12.1 Å². The van der Waals surface area contributed by atoms with Gasteiger partial charge in [-0.25, -0.2) is 4.79 Å². The number of ether oxygens (including phenoxy) is 1. The predicted molar refractivity (Wildman–Crippen MR) is 50.7 cm³/mol. The van der Waals surface area contributed by atoms with Crippen LogP contribution >= 0.6 is 23.2 Å². The number of alkyl halides is 3. The Labute approximate surface area is 93.3 Å². The Morgan fingerprint density at radius 1 is 1.47 bits per heavy atom. The quantitative estimate of drug-likeness (QED) is 0.470. The summed E-state index contributed by atoms with van der Waals surface area (Å²) in [6.45, 7) is 0. The molecule has 0 heterocycles. The van der Waals surface area contributed by atoms with E-state index >= 15 is 0 Å². The van der Waals surface area contributed by atoms with Gasteiger partial charge in [-0.15, -0.1) is 8.78 Å². The molecule has 80 valence electrons. The number of isocyanates is 1. The number of rotatable bonds is 3. The SMILES string of the molecule is O=C=Nc1ccc(OC(F)(F)Cl)cc1Cl. The third kappa shape index (κ3) is 3.83. The first-order valence-corrected chi connectivity index (χ1v) is 4.31. The zero-order valence-electron chi connectivity index (χ0n) is 7.01. The summed E-state index contributed by atoms with van der Waals surface area (Å²) in [6.07, 6.45) is 1.27. The first kappa shape index (κ1) is 11.9. The van der Waals surface area contributed by atoms with Gasteiger partial charge in [-0.05, 0) is 12.1 Å². The number of nitrogens with zero attached hydrogens (tertiary/aromatic N) is 1. The minimum atomic E-state index is -3.81. The van der Waals surface area contributed by atoms with Crippen LogP contribution in [0.15, 0.2) is 23.2 Å². The largest absolute Gasteiger partial charge is 0.487 e. The second kappa shape index (κ2) is 4.57. The highest BCUT2D eigenvalue weighted by molar-refractivity contribution is 6.33. The summed E-state index contributed by atoms with van der Waals surface area (Å²) >= 11 is 10.1. The molecule has 0 saturated heterocycles. The maximum absolute atomic E-state index is 12.2. The molecular formula is C8H3Cl2F2NO2. The minimum Gasteiger partial charge on any atom is -0.420 e. The third-order valence-corrected chi connectivity index (χ3v) is 1.70. The molecule has 15 heavy (non-hydrogen) atoms. The molecule has 0 radical (unpaired) electrons. The number of halogens is 4. The second-order valence-corrected chi connectivity index (χ2v) is 3.21. The molecule has 0 aliphatic heterocycles. The number of hydrogen-bond acceptors (Lipinski definition) is 3.